The van der Waals surface area contributed by atoms with Gasteiger partial charge in [-0.25, -0.2) is 13.6 Å². The van der Waals surface area contributed by atoms with E-state index in [0.717, 1.165) is 30.2 Å². The highest BCUT2D eigenvalue weighted by Crippen LogP contribution is 2.22. The number of amides is 2. The molecule has 0 heterocycles. The van der Waals surface area contributed by atoms with Gasteiger partial charge in [0, 0.05) is 45.9 Å². The summed E-state index contributed by atoms with van der Waals surface area (Å²) in [7, 11) is 4.69. The average molecular weight is 581 g/mol. The van der Waals surface area contributed by atoms with Gasteiger partial charge >= 0.3 is 5.97 Å². The lowest BCUT2D eigenvalue weighted by atomic mass is 10.0. The maximum atomic E-state index is 14.0. The van der Waals surface area contributed by atoms with E-state index < -0.39 is 35.7 Å². The van der Waals surface area contributed by atoms with Gasteiger partial charge in [0.05, 0.1) is 18.2 Å². The van der Waals surface area contributed by atoms with Gasteiger partial charge in [-0.2, -0.15) is 0 Å². The second kappa shape index (κ2) is 14.7. The fourth-order valence-corrected chi connectivity index (χ4v) is 4.41. The molecule has 0 aliphatic rings. The number of likely N-dealkylation sites (N-methyl/N-ethyl adjacent to an activating group) is 2. The van der Waals surface area contributed by atoms with Crippen molar-refractivity contribution >= 4 is 17.8 Å². The Morgan fingerprint density at radius 2 is 1.57 bits per heavy atom. The Morgan fingerprint density at radius 3 is 2.21 bits per heavy atom. The van der Waals surface area contributed by atoms with Gasteiger partial charge in [0.15, 0.2) is 0 Å². The molecular formula is C32H38F2N4O4. The molecule has 10 heteroatoms. The van der Waals surface area contributed by atoms with E-state index in [0.29, 0.717) is 12.1 Å². The number of aryl methyl sites for hydroxylation is 2. The van der Waals surface area contributed by atoms with Crippen LogP contribution in [0.15, 0.2) is 60.7 Å². The highest BCUT2D eigenvalue weighted by Gasteiger charge is 2.26. The Balaban J connectivity index is 1.83. The number of carbonyl (C=O) groups is 3. The molecule has 0 aliphatic heterocycles. The molecule has 0 bridgehead atoms. The van der Waals surface area contributed by atoms with Crippen LogP contribution in [-0.2, 0) is 22.5 Å². The zero-order valence-corrected chi connectivity index (χ0v) is 24.6. The number of halogens is 2. The Hall–Kier alpha value is -4.15. The van der Waals surface area contributed by atoms with Crippen LogP contribution < -0.4 is 11.1 Å². The fourth-order valence-electron chi connectivity index (χ4n) is 4.41. The highest BCUT2D eigenvalue weighted by atomic mass is 19.1. The second-order valence-electron chi connectivity index (χ2n) is 10.5. The molecule has 1 unspecified atom stereocenters. The monoisotopic (exact) mass is 580 g/mol. The number of rotatable bonds is 12. The third kappa shape index (κ3) is 8.92. The molecule has 224 valence electrons. The van der Waals surface area contributed by atoms with E-state index in [-0.39, 0.29) is 35.7 Å². The molecule has 8 nitrogen and oxygen atoms in total. The molecule has 3 rings (SSSR count). The number of esters is 1. The van der Waals surface area contributed by atoms with Crippen molar-refractivity contribution in [3.05, 3.63) is 106 Å². The quantitative estimate of drug-likeness (QED) is 0.314. The summed E-state index contributed by atoms with van der Waals surface area (Å²) in [5, 5.41) is 3.23. The van der Waals surface area contributed by atoms with Crippen LogP contribution in [0, 0.1) is 18.6 Å². The van der Waals surface area contributed by atoms with Crippen LogP contribution in [-0.4, -0.2) is 67.9 Å². The van der Waals surface area contributed by atoms with Crippen molar-refractivity contribution in [1.82, 2.24) is 15.1 Å². The van der Waals surface area contributed by atoms with Crippen molar-refractivity contribution in [1.29, 1.82) is 0 Å². The van der Waals surface area contributed by atoms with Crippen molar-refractivity contribution in [2.24, 2.45) is 5.73 Å². The molecule has 0 radical (unpaired) electrons. The predicted molar refractivity (Wildman–Crippen MR) is 157 cm³/mol. The van der Waals surface area contributed by atoms with Crippen LogP contribution in [0.25, 0.3) is 0 Å². The van der Waals surface area contributed by atoms with Crippen molar-refractivity contribution in [2.75, 3.05) is 34.2 Å². The highest BCUT2D eigenvalue weighted by molar-refractivity contribution is 5.99. The maximum Gasteiger partial charge on any atom is 0.338 e. The summed E-state index contributed by atoms with van der Waals surface area (Å²) in [6.45, 7) is 4.20. The van der Waals surface area contributed by atoms with E-state index >= 15 is 0 Å². The number of ether oxygens (including phenoxy) is 1. The first-order valence-corrected chi connectivity index (χ1v) is 13.7. The minimum absolute atomic E-state index is 0.0916. The lowest BCUT2D eigenvalue weighted by Gasteiger charge is -2.25. The molecule has 2 atom stereocenters. The molecular weight excluding hydrogens is 542 g/mol. The van der Waals surface area contributed by atoms with Crippen LogP contribution in [0.5, 0.6) is 0 Å². The largest absolute Gasteiger partial charge is 0.455 e. The smallest absolute Gasteiger partial charge is 0.338 e. The molecule has 3 aromatic carbocycles. The molecule has 0 saturated carbocycles. The average Bonchev–Trinajstić information content (AvgIpc) is 2.94. The first-order chi connectivity index (χ1) is 19.9. The molecule has 2 amide bonds. The van der Waals surface area contributed by atoms with Crippen molar-refractivity contribution < 1.29 is 27.9 Å². The zero-order valence-electron chi connectivity index (χ0n) is 24.6. The number of carbonyl (C=O) groups excluding carboxylic acids is 3. The molecule has 0 spiro atoms. The summed E-state index contributed by atoms with van der Waals surface area (Å²) in [6, 6.07) is 14.5. The van der Waals surface area contributed by atoms with Gasteiger partial charge in [0.1, 0.15) is 17.7 Å². The van der Waals surface area contributed by atoms with E-state index in [4.69, 9.17) is 10.5 Å². The van der Waals surface area contributed by atoms with E-state index in [9.17, 15) is 23.2 Å². The number of hydrogen-bond donors (Lipinski definition) is 2. The number of hydrogen-bond acceptors (Lipinski definition) is 6. The second-order valence-corrected chi connectivity index (χ2v) is 10.5. The van der Waals surface area contributed by atoms with Crippen LogP contribution in [0.1, 0.15) is 55.9 Å². The summed E-state index contributed by atoms with van der Waals surface area (Å²) in [5.41, 5.74) is 9.66. The van der Waals surface area contributed by atoms with E-state index in [1.807, 2.05) is 18.2 Å². The van der Waals surface area contributed by atoms with Gasteiger partial charge in [-0.1, -0.05) is 31.2 Å². The summed E-state index contributed by atoms with van der Waals surface area (Å²) in [5.74, 6) is -3.05. The minimum Gasteiger partial charge on any atom is -0.455 e. The Labute approximate surface area is 245 Å². The summed E-state index contributed by atoms with van der Waals surface area (Å²) in [6.07, 6.45) is -0.125. The van der Waals surface area contributed by atoms with E-state index in [1.165, 1.54) is 28.5 Å². The predicted octanol–water partition coefficient (Wildman–Crippen LogP) is 4.01. The third-order valence-corrected chi connectivity index (χ3v) is 6.78. The van der Waals surface area contributed by atoms with Crippen LogP contribution in [0.2, 0.25) is 0 Å². The normalized spacial score (nSPS) is 12.4. The van der Waals surface area contributed by atoms with E-state index in [2.05, 4.69) is 18.3 Å². The molecule has 42 heavy (non-hydrogen) atoms. The minimum atomic E-state index is -1.05. The molecule has 0 saturated heterocycles. The Kier molecular flexibility index (Phi) is 11.3. The Bertz CT molecular complexity index is 1410. The molecule has 0 aromatic heterocycles. The Morgan fingerprint density at radius 1 is 0.929 bits per heavy atom. The number of nitrogens with one attached hydrogen (secondary N) is 1. The van der Waals surface area contributed by atoms with Gasteiger partial charge < -0.3 is 25.6 Å². The van der Waals surface area contributed by atoms with Crippen molar-refractivity contribution in [3.63, 3.8) is 0 Å². The lowest BCUT2D eigenvalue weighted by Crippen LogP contribution is -2.39. The summed E-state index contributed by atoms with van der Waals surface area (Å²) >= 11 is 0. The zero-order chi connectivity index (χ0) is 31.0. The van der Waals surface area contributed by atoms with Crippen molar-refractivity contribution in [2.45, 2.75) is 39.0 Å². The van der Waals surface area contributed by atoms with Gasteiger partial charge in [-0.05, 0) is 65.9 Å². The van der Waals surface area contributed by atoms with Crippen LogP contribution >= 0.6 is 0 Å². The van der Waals surface area contributed by atoms with Crippen LogP contribution in [0.3, 0.4) is 0 Å². The van der Waals surface area contributed by atoms with Gasteiger partial charge in [0.2, 0.25) is 5.91 Å². The molecule has 0 aliphatic carbocycles. The SMILES string of the molecule is CCc1cccc(CNC[C@@H](OC(=O)c2cc(C)cc(C(=O)N(C)CC(=O)N(C)C)c2)C(N)c2cc(F)cc(F)c2)c1. The summed E-state index contributed by atoms with van der Waals surface area (Å²) < 4.78 is 33.8. The number of nitrogens with two attached hydrogens (primary N) is 1. The van der Waals surface area contributed by atoms with Gasteiger partial charge in [0.25, 0.3) is 5.91 Å². The number of nitrogens with zero attached hydrogens (tertiary/aromatic N) is 2. The first kappa shape index (κ1) is 32.4. The summed E-state index contributed by atoms with van der Waals surface area (Å²) in [4.78, 5) is 41.1. The van der Waals surface area contributed by atoms with Gasteiger partial charge in [-0.3, -0.25) is 9.59 Å². The van der Waals surface area contributed by atoms with E-state index in [1.54, 1.807) is 33.2 Å². The lowest BCUT2D eigenvalue weighted by molar-refractivity contribution is -0.129. The fraction of sp³-hybridized carbons (Fsp3) is 0.344. The maximum absolute atomic E-state index is 14.0. The van der Waals surface area contributed by atoms with Crippen molar-refractivity contribution in [3.8, 4) is 0 Å². The van der Waals surface area contributed by atoms with Gasteiger partial charge in [-0.15, -0.1) is 0 Å². The molecule has 3 aromatic rings. The topological polar surface area (TPSA) is 105 Å². The third-order valence-electron chi connectivity index (χ3n) is 6.78. The standard InChI is InChI=1S/C32H38F2N4O4/c1-6-21-8-7-9-22(12-21)17-36-18-28(30(35)23-14-26(33)16-27(34)15-23)42-32(41)25-11-20(2)10-24(13-25)31(40)38(5)19-29(39)37(3)4/h7-16,28,30,36H,6,17-19,35H2,1-5H3/t28-,30?/m1/s1. The number of benzene rings is 3. The first-order valence-electron chi connectivity index (χ1n) is 13.7. The van der Waals surface area contributed by atoms with Crippen LogP contribution in [0.4, 0.5) is 8.78 Å². The molecule has 3 N–H and O–H groups in total. The molecule has 0 fully saturated rings.